The van der Waals surface area contributed by atoms with Gasteiger partial charge in [-0.05, 0) is 35.9 Å². The fraction of sp³-hybridized carbons (Fsp3) is 0.167. The Morgan fingerprint density at radius 2 is 1.96 bits per heavy atom. The molecule has 1 N–H and O–H groups in total. The van der Waals surface area contributed by atoms with Crippen LogP contribution in [0.5, 0.6) is 5.75 Å². The van der Waals surface area contributed by atoms with E-state index in [0.717, 1.165) is 38.9 Å². The number of carbonyl (C=O) groups excluding carboxylic acids is 1. The molecule has 0 atom stereocenters. The average molecular weight is 373 g/mol. The summed E-state index contributed by atoms with van der Waals surface area (Å²) in [4.78, 5) is 11.4. The molecular weight excluding hydrogens is 356 g/mol. The summed E-state index contributed by atoms with van der Waals surface area (Å²) >= 11 is 3.51. The van der Waals surface area contributed by atoms with Gasteiger partial charge in [-0.1, -0.05) is 28.1 Å². The highest BCUT2D eigenvalue weighted by Gasteiger charge is 2.10. The number of hydrogen-bond acceptors (Lipinski definition) is 2. The molecule has 1 heterocycles. The third-order valence-corrected chi connectivity index (χ3v) is 4.16. The van der Waals surface area contributed by atoms with Crippen molar-refractivity contribution in [3.8, 4) is 5.75 Å². The maximum absolute atomic E-state index is 11.4. The van der Waals surface area contributed by atoms with Crippen molar-refractivity contribution >= 4 is 38.4 Å². The van der Waals surface area contributed by atoms with E-state index in [-0.39, 0.29) is 5.91 Å². The number of hydrogen-bond donors (Lipinski definition) is 1. The summed E-state index contributed by atoms with van der Waals surface area (Å²) in [5, 5.41) is 3.92. The van der Waals surface area contributed by atoms with E-state index in [1.54, 1.807) is 7.11 Å². The van der Waals surface area contributed by atoms with E-state index < -0.39 is 0 Å². The Bertz CT molecular complexity index is 853. The smallest absolute Gasteiger partial charge is 0.221 e. The molecule has 3 rings (SSSR count). The first kappa shape index (κ1) is 15.6. The second kappa shape index (κ2) is 6.46. The van der Waals surface area contributed by atoms with Crippen LogP contribution in [0.15, 0.2) is 53.1 Å². The van der Waals surface area contributed by atoms with Gasteiger partial charge >= 0.3 is 0 Å². The fourth-order valence-corrected chi connectivity index (χ4v) is 2.96. The molecule has 118 valence electrons. The van der Waals surface area contributed by atoms with E-state index in [1.165, 1.54) is 6.92 Å². The molecule has 0 saturated heterocycles. The monoisotopic (exact) mass is 372 g/mol. The molecule has 5 heteroatoms. The SMILES string of the molecule is COc1ccc(Cn2cc(NC(C)=O)c3ccc(Br)cc32)cc1. The highest BCUT2D eigenvalue weighted by molar-refractivity contribution is 9.10. The molecule has 0 aliphatic carbocycles. The highest BCUT2D eigenvalue weighted by Crippen LogP contribution is 2.29. The summed E-state index contributed by atoms with van der Waals surface area (Å²) in [6, 6.07) is 14.0. The van der Waals surface area contributed by atoms with Crippen molar-refractivity contribution in [1.82, 2.24) is 4.57 Å². The number of anilines is 1. The minimum absolute atomic E-state index is 0.0728. The van der Waals surface area contributed by atoms with Crippen LogP contribution in [0.4, 0.5) is 5.69 Å². The maximum atomic E-state index is 11.4. The summed E-state index contributed by atoms with van der Waals surface area (Å²) < 4.78 is 8.33. The number of halogens is 1. The van der Waals surface area contributed by atoms with Crippen molar-refractivity contribution in [2.75, 3.05) is 12.4 Å². The Hall–Kier alpha value is -2.27. The molecule has 0 spiro atoms. The standard InChI is InChI=1S/C18H17BrN2O2/c1-12(22)20-17-11-21(18-9-14(19)5-8-16(17)18)10-13-3-6-15(23-2)7-4-13/h3-9,11H,10H2,1-2H3,(H,20,22). The van der Waals surface area contributed by atoms with Gasteiger partial charge in [-0.25, -0.2) is 0 Å². The van der Waals surface area contributed by atoms with Gasteiger partial charge < -0.3 is 14.6 Å². The molecule has 4 nitrogen and oxygen atoms in total. The van der Waals surface area contributed by atoms with E-state index in [9.17, 15) is 4.79 Å². The molecule has 0 aliphatic heterocycles. The number of ether oxygens (including phenoxy) is 1. The number of nitrogens with zero attached hydrogens (tertiary/aromatic N) is 1. The van der Waals surface area contributed by atoms with Crippen molar-refractivity contribution in [3.05, 3.63) is 58.7 Å². The lowest BCUT2D eigenvalue weighted by Gasteiger charge is -2.07. The first-order valence-electron chi connectivity index (χ1n) is 7.26. The molecule has 0 aliphatic rings. The van der Waals surface area contributed by atoms with Gasteiger partial charge in [0.05, 0.1) is 18.3 Å². The zero-order valence-electron chi connectivity index (χ0n) is 13.0. The Labute approximate surface area is 143 Å². The zero-order chi connectivity index (χ0) is 16.4. The number of carbonyl (C=O) groups is 1. The highest BCUT2D eigenvalue weighted by atomic mass is 79.9. The average Bonchev–Trinajstić information content (AvgIpc) is 2.84. The molecule has 0 radical (unpaired) electrons. The quantitative estimate of drug-likeness (QED) is 0.736. The first-order chi connectivity index (χ1) is 11.1. The third-order valence-electron chi connectivity index (χ3n) is 3.67. The van der Waals surface area contributed by atoms with Gasteiger partial charge in [0.2, 0.25) is 5.91 Å². The minimum atomic E-state index is -0.0728. The third kappa shape index (κ3) is 3.40. The Balaban J connectivity index is 2.01. The second-order valence-electron chi connectivity index (χ2n) is 5.36. The van der Waals surface area contributed by atoms with E-state index >= 15 is 0 Å². The Morgan fingerprint density at radius 3 is 2.61 bits per heavy atom. The normalized spacial score (nSPS) is 10.7. The number of aromatic nitrogens is 1. The van der Waals surface area contributed by atoms with E-state index in [1.807, 2.05) is 42.6 Å². The van der Waals surface area contributed by atoms with Gasteiger partial charge in [-0.15, -0.1) is 0 Å². The summed E-state index contributed by atoms with van der Waals surface area (Å²) in [6.45, 7) is 2.24. The van der Waals surface area contributed by atoms with Gasteiger partial charge in [-0.2, -0.15) is 0 Å². The lowest BCUT2D eigenvalue weighted by Crippen LogP contribution is -2.05. The summed E-state index contributed by atoms with van der Waals surface area (Å²) in [7, 11) is 1.66. The lowest BCUT2D eigenvalue weighted by molar-refractivity contribution is -0.114. The summed E-state index contributed by atoms with van der Waals surface area (Å²) in [5.41, 5.74) is 3.06. The molecule has 0 fully saturated rings. The van der Waals surface area contributed by atoms with Crippen LogP contribution in [0.25, 0.3) is 10.9 Å². The number of benzene rings is 2. The van der Waals surface area contributed by atoms with Crippen molar-refractivity contribution < 1.29 is 9.53 Å². The molecule has 1 amide bonds. The van der Waals surface area contributed by atoms with E-state index in [4.69, 9.17) is 4.74 Å². The largest absolute Gasteiger partial charge is 0.497 e. The predicted octanol–water partition coefficient (Wildman–Crippen LogP) is 4.42. The zero-order valence-corrected chi connectivity index (χ0v) is 14.6. The van der Waals surface area contributed by atoms with Crippen LogP contribution in [0.2, 0.25) is 0 Å². The molecule has 0 bridgehead atoms. The molecule has 1 aromatic heterocycles. The minimum Gasteiger partial charge on any atom is -0.497 e. The Morgan fingerprint density at radius 1 is 1.22 bits per heavy atom. The van der Waals surface area contributed by atoms with Crippen LogP contribution < -0.4 is 10.1 Å². The Kier molecular flexibility index (Phi) is 4.39. The fourth-order valence-electron chi connectivity index (χ4n) is 2.61. The van der Waals surface area contributed by atoms with Gasteiger partial charge in [0.25, 0.3) is 0 Å². The van der Waals surface area contributed by atoms with Crippen LogP contribution >= 0.6 is 15.9 Å². The molecule has 2 aromatic carbocycles. The first-order valence-corrected chi connectivity index (χ1v) is 8.05. The molecular formula is C18H17BrN2O2. The molecule has 0 saturated carbocycles. The number of amides is 1. The number of nitrogens with one attached hydrogen (secondary N) is 1. The molecule has 23 heavy (non-hydrogen) atoms. The number of methoxy groups -OCH3 is 1. The molecule has 3 aromatic rings. The number of rotatable bonds is 4. The topological polar surface area (TPSA) is 43.3 Å². The van der Waals surface area contributed by atoms with Crippen LogP contribution in [0, 0.1) is 0 Å². The summed E-state index contributed by atoms with van der Waals surface area (Å²) in [5.74, 6) is 0.768. The van der Waals surface area contributed by atoms with Crippen molar-refractivity contribution in [2.24, 2.45) is 0 Å². The van der Waals surface area contributed by atoms with Crippen LogP contribution in [-0.4, -0.2) is 17.6 Å². The van der Waals surface area contributed by atoms with Gasteiger partial charge in [0.15, 0.2) is 0 Å². The van der Waals surface area contributed by atoms with Crippen LogP contribution in [-0.2, 0) is 11.3 Å². The van der Waals surface area contributed by atoms with Crippen LogP contribution in [0.1, 0.15) is 12.5 Å². The lowest BCUT2D eigenvalue weighted by atomic mass is 10.2. The van der Waals surface area contributed by atoms with Crippen molar-refractivity contribution in [2.45, 2.75) is 13.5 Å². The van der Waals surface area contributed by atoms with E-state index in [0.29, 0.717) is 0 Å². The van der Waals surface area contributed by atoms with Crippen molar-refractivity contribution in [3.63, 3.8) is 0 Å². The van der Waals surface area contributed by atoms with Gasteiger partial charge in [-0.3, -0.25) is 4.79 Å². The molecule has 0 unspecified atom stereocenters. The second-order valence-corrected chi connectivity index (χ2v) is 6.28. The van der Waals surface area contributed by atoms with Gasteiger partial charge in [0.1, 0.15) is 5.75 Å². The number of fused-ring (bicyclic) bond motifs is 1. The summed E-state index contributed by atoms with van der Waals surface area (Å²) in [6.07, 6.45) is 1.97. The van der Waals surface area contributed by atoms with E-state index in [2.05, 4.69) is 31.9 Å². The van der Waals surface area contributed by atoms with Crippen LogP contribution in [0.3, 0.4) is 0 Å². The maximum Gasteiger partial charge on any atom is 0.221 e. The predicted molar refractivity (Wildman–Crippen MR) is 96.0 cm³/mol. The van der Waals surface area contributed by atoms with Gasteiger partial charge in [0, 0.05) is 29.5 Å². The van der Waals surface area contributed by atoms with Crippen molar-refractivity contribution in [1.29, 1.82) is 0 Å².